The Morgan fingerprint density at radius 2 is 1.76 bits per heavy atom. The lowest BCUT2D eigenvalue weighted by atomic mass is 10.0. The number of aryl methyl sites for hydroxylation is 2. The average Bonchev–Trinajstić information content (AvgIpc) is 2.45. The molecule has 2 aromatic carbocycles. The van der Waals surface area contributed by atoms with Gasteiger partial charge in [-0.1, -0.05) is 35.4 Å². The van der Waals surface area contributed by atoms with Gasteiger partial charge in [0.2, 0.25) is 0 Å². The molecule has 0 spiro atoms. The zero-order valence-electron chi connectivity index (χ0n) is 12.8. The third-order valence-electron chi connectivity index (χ3n) is 3.64. The Hall–Kier alpha value is -1.71. The number of hydrogen-bond donors (Lipinski definition) is 2. The number of halogens is 1. The molecule has 2 aromatic rings. The SMILES string of the molecule is Cc1cc(C)cc(C(C)NCc2ccc(F)c(CO)c2)c1. The molecule has 2 nitrogen and oxygen atoms in total. The molecule has 0 radical (unpaired) electrons. The maximum atomic E-state index is 13.3. The van der Waals surface area contributed by atoms with E-state index >= 15 is 0 Å². The monoisotopic (exact) mass is 287 g/mol. The molecule has 0 aromatic heterocycles. The number of aliphatic hydroxyl groups excluding tert-OH is 1. The van der Waals surface area contributed by atoms with E-state index in [1.54, 1.807) is 12.1 Å². The maximum absolute atomic E-state index is 13.3. The molecule has 0 aliphatic rings. The maximum Gasteiger partial charge on any atom is 0.128 e. The molecule has 0 aliphatic heterocycles. The van der Waals surface area contributed by atoms with Gasteiger partial charge in [-0.15, -0.1) is 0 Å². The van der Waals surface area contributed by atoms with E-state index in [1.165, 1.54) is 22.8 Å². The Morgan fingerprint density at radius 1 is 1.10 bits per heavy atom. The van der Waals surface area contributed by atoms with E-state index in [4.69, 9.17) is 5.11 Å². The highest BCUT2D eigenvalue weighted by Gasteiger charge is 2.07. The second-order valence-corrected chi connectivity index (χ2v) is 5.61. The van der Waals surface area contributed by atoms with E-state index in [1.807, 2.05) is 0 Å². The molecule has 2 rings (SSSR count). The van der Waals surface area contributed by atoms with Gasteiger partial charge in [-0.2, -0.15) is 0 Å². The molecule has 3 heteroatoms. The molecular weight excluding hydrogens is 265 g/mol. The highest BCUT2D eigenvalue weighted by molar-refractivity contribution is 5.30. The normalized spacial score (nSPS) is 12.4. The van der Waals surface area contributed by atoms with E-state index in [2.05, 4.69) is 44.3 Å². The van der Waals surface area contributed by atoms with Gasteiger partial charge in [-0.25, -0.2) is 4.39 Å². The Balaban J connectivity index is 2.05. The number of hydrogen-bond acceptors (Lipinski definition) is 2. The first-order chi connectivity index (χ1) is 9.99. The van der Waals surface area contributed by atoms with Gasteiger partial charge in [0.05, 0.1) is 6.61 Å². The molecule has 1 atom stereocenters. The van der Waals surface area contributed by atoms with E-state index in [0.717, 1.165) is 5.56 Å². The molecule has 0 aliphatic carbocycles. The number of rotatable bonds is 5. The predicted octanol–water partition coefficient (Wildman–Crippen LogP) is 3.79. The van der Waals surface area contributed by atoms with Crippen LogP contribution in [0.25, 0.3) is 0 Å². The molecule has 112 valence electrons. The van der Waals surface area contributed by atoms with Gasteiger partial charge < -0.3 is 10.4 Å². The van der Waals surface area contributed by atoms with Crippen LogP contribution < -0.4 is 5.32 Å². The van der Waals surface area contributed by atoms with Gasteiger partial charge in [-0.3, -0.25) is 0 Å². The summed E-state index contributed by atoms with van der Waals surface area (Å²) in [7, 11) is 0. The Labute approximate surface area is 125 Å². The lowest BCUT2D eigenvalue weighted by Gasteiger charge is -2.16. The van der Waals surface area contributed by atoms with Crippen LogP contribution in [0.3, 0.4) is 0 Å². The summed E-state index contributed by atoms with van der Waals surface area (Å²) in [5.74, 6) is -0.358. The smallest absolute Gasteiger partial charge is 0.128 e. The van der Waals surface area contributed by atoms with Crippen molar-refractivity contribution in [3.05, 3.63) is 70.0 Å². The molecule has 0 saturated carbocycles. The predicted molar refractivity (Wildman–Crippen MR) is 83.5 cm³/mol. The standard InChI is InChI=1S/C18H22FNO/c1-12-6-13(2)8-16(7-12)14(3)20-10-15-4-5-18(19)17(9-15)11-21/h4-9,14,20-21H,10-11H2,1-3H3. The first-order valence-electron chi connectivity index (χ1n) is 7.19. The van der Waals surface area contributed by atoms with Crippen molar-refractivity contribution in [2.75, 3.05) is 0 Å². The van der Waals surface area contributed by atoms with E-state index < -0.39 is 0 Å². The second kappa shape index (κ2) is 6.83. The van der Waals surface area contributed by atoms with Crippen molar-refractivity contribution in [1.29, 1.82) is 0 Å². The first kappa shape index (κ1) is 15.7. The summed E-state index contributed by atoms with van der Waals surface area (Å²) < 4.78 is 13.3. The Bertz CT molecular complexity index is 604. The summed E-state index contributed by atoms with van der Waals surface area (Å²) in [6, 6.07) is 11.6. The number of nitrogens with one attached hydrogen (secondary N) is 1. The highest BCUT2D eigenvalue weighted by atomic mass is 19.1. The Morgan fingerprint density at radius 3 is 2.38 bits per heavy atom. The molecule has 0 amide bonds. The first-order valence-corrected chi connectivity index (χ1v) is 7.19. The van der Waals surface area contributed by atoms with Crippen LogP contribution in [0, 0.1) is 19.7 Å². The van der Waals surface area contributed by atoms with Gasteiger partial charge in [-0.05, 0) is 44.0 Å². The molecular formula is C18H22FNO. The zero-order chi connectivity index (χ0) is 15.4. The third kappa shape index (κ3) is 4.13. The van der Waals surface area contributed by atoms with Gasteiger partial charge in [0.15, 0.2) is 0 Å². The van der Waals surface area contributed by atoms with E-state index in [9.17, 15) is 4.39 Å². The summed E-state index contributed by atoms with van der Waals surface area (Å²) in [5.41, 5.74) is 5.06. The van der Waals surface area contributed by atoms with Crippen LogP contribution in [0.15, 0.2) is 36.4 Å². The van der Waals surface area contributed by atoms with E-state index in [0.29, 0.717) is 12.1 Å². The minimum absolute atomic E-state index is 0.214. The van der Waals surface area contributed by atoms with Crippen molar-refractivity contribution in [3.8, 4) is 0 Å². The molecule has 0 saturated heterocycles. The minimum atomic E-state index is -0.358. The van der Waals surface area contributed by atoms with Crippen molar-refractivity contribution in [1.82, 2.24) is 5.32 Å². The van der Waals surface area contributed by atoms with E-state index in [-0.39, 0.29) is 18.5 Å². The zero-order valence-corrected chi connectivity index (χ0v) is 12.8. The summed E-state index contributed by atoms with van der Waals surface area (Å²) >= 11 is 0. The number of aliphatic hydroxyl groups is 1. The van der Waals surface area contributed by atoms with Crippen molar-refractivity contribution < 1.29 is 9.50 Å². The topological polar surface area (TPSA) is 32.3 Å². The van der Waals surface area contributed by atoms with Crippen molar-refractivity contribution in [2.45, 2.75) is 40.0 Å². The third-order valence-corrected chi connectivity index (χ3v) is 3.64. The second-order valence-electron chi connectivity index (χ2n) is 5.61. The summed E-state index contributed by atoms with van der Waals surface area (Å²) in [4.78, 5) is 0. The molecule has 2 N–H and O–H groups in total. The van der Waals surface area contributed by atoms with Crippen LogP contribution in [-0.4, -0.2) is 5.11 Å². The van der Waals surface area contributed by atoms with Crippen LogP contribution in [0.2, 0.25) is 0 Å². The van der Waals surface area contributed by atoms with Crippen LogP contribution in [0.5, 0.6) is 0 Å². The molecule has 21 heavy (non-hydrogen) atoms. The van der Waals surface area contributed by atoms with Gasteiger partial charge in [0, 0.05) is 18.2 Å². The fourth-order valence-corrected chi connectivity index (χ4v) is 2.51. The molecule has 0 heterocycles. The number of benzene rings is 2. The molecule has 0 bridgehead atoms. The average molecular weight is 287 g/mol. The Kier molecular flexibility index (Phi) is 5.10. The van der Waals surface area contributed by atoms with Crippen molar-refractivity contribution >= 4 is 0 Å². The summed E-state index contributed by atoms with van der Waals surface area (Å²) in [5, 5.41) is 12.5. The van der Waals surface area contributed by atoms with Crippen LogP contribution in [0.1, 0.15) is 40.8 Å². The van der Waals surface area contributed by atoms with Crippen molar-refractivity contribution in [3.63, 3.8) is 0 Å². The summed E-state index contributed by atoms with van der Waals surface area (Å²) in [6.07, 6.45) is 0. The van der Waals surface area contributed by atoms with Crippen LogP contribution in [0.4, 0.5) is 4.39 Å². The van der Waals surface area contributed by atoms with Gasteiger partial charge in [0.25, 0.3) is 0 Å². The minimum Gasteiger partial charge on any atom is -0.392 e. The van der Waals surface area contributed by atoms with Gasteiger partial charge >= 0.3 is 0 Å². The summed E-state index contributed by atoms with van der Waals surface area (Å²) in [6.45, 7) is 6.67. The lowest BCUT2D eigenvalue weighted by Crippen LogP contribution is -2.18. The highest BCUT2D eigenvalue weighted by Crippen LogP contribution is 2.18. The van der Waals surface area contributed by atoms with Crippen molar-refractivity contribution in [2.24, 2.45) is 0 Å². The lowest BCUT2D eigenvalue weighted by molar-refractivity contribution is 0.275. The molecule has 1 unspecified atom stereocenters. The van der Waals surface area contributed by atoms with Crippen LogP contribution >= 0.6 is 0 Å². The van der Waals surface area contributed by atoms with Gasteiger partial charge in [0.1, 0.15) is 5.82 Å². The molecule has 0 fully saturated rings. The fourth-order valence-electron chi connectivity index (χ4n) is 2.51. The quantitative estimate of drug-likeness (QED) is 0.877. The largest absolute Gasteiger partial charge is 0.392 e. The fraction of sp³-hybridized carbons (Fsp3) is 0.333. The van der Waals surface area contributed by atoms with Crippen LogP contribution in [-0.2, 0) is 13.2 Å².